The van der Waals surface area contributed by atoms with Crippen LogP contribution in [0.3, 0.4) is 0 Å². The van der Waals surface area contributed by atoms with Gasteiger partial charge in [0.05, 0.1) is 17.2 Å². The van der Waals surface area contributed by atoms with Crippen molar-refractivity contribution in [1.29, 1.82) is 0 Å². The normalized spacial score (nSPS) is 11.2. The van der Waals surface area contributed by atoms with Crippen molar-refractivity contribution in [2.24, 2.45) is 0 Å². The summed E-state index contributed by atoms with van der Waals surface area (Å²) in [6, 6.07) is 2.99. The van der Waals surface area contributed by atoms with Crippen LogP contribution in [0.4, 0.5) is 11.4 Å². The summed E-state index contributed by atoms with van der Waals surface area (Å²) in [6.07, 6.45) is 0. The lowest BCUT2D eigenvalue weighted by atomic mass is 10.3. The Labute approximate surface area is 96.8 Å². The van der Waals surface area contributed by atoms with E-state index >= 15 is 0 Å². The highest BCUT2D eigenvalue weighted by molar-refractivity contribution is 7.86. The highest BCUT2D eigenvalue weighted by atomic mass is 32.2. The van der Waals surface area contributed by atoms with Crippen molar-refractivity contribution in [2.75, 3.05) is 18.5 Å². The van der Waals surface area contributed by atoms with E-state index in [1.165, 1.54) is 0 Å². The number of non-ortho nitro benzene ring substituents is 1. The zero-order valence-electron chi connectivity index (χ0n) is 8.53. The van der Waals surface area contributed by atoms with Crippen molar-refractivity contribution in [3.8, 4) is 0 Å². The van der Waals surface area contributed by atoms with Crippen molar-refractivity contribution in [1.82, 2.24) is 0 Å². The molecule has 0 aliphatic heterocycles. The summed E-state index contributed by atoms with van der Waals surface area (Å²) in [5.41, 5.74) is -0.459. The first kappa shape index (κ1) is 13.4. The average molecular weight is 262 g/mol. The first-order valence-electron chi connectivity index (χ1n) is 4.47. The second kappa shape index (κ2) is 5.08. The Morgan fingerprint density at radius 2 is 2.06 bits per heavy atom. The van der Waals surface area contributed by atoms with Gasteiger partial charge >= 0.3 is 0 Å². The van der Waals surface area contributed by atoms with Gasteiger partial charge < -0.3 is 10.4 Å². The van der Waals surface area contributed by atoms with Gasteiger partial charge in [0, 0.05) is 18.7 Å². The monoisotopic (exact) mass is 262 g/mol. The third kappa shape index (κ3) is 3.37. The van der Waals surface area contributed by atoms with Gasteiger partial charge in [0.15, 0.2) is 0 Å². The predicted octanol–water partition coefficient (Wildman–Crippen LogP) is 0.246. The molecule has 1 aromatic carbocycles. The molecule has 0 fully saturated rings. The molecular formula is C8H10N2O6S. The van der Waals surface area contributed by atoms with Crippen molar-refractivity contribution >= 4 is 21.5 Å². The number of nitrogens with one attached hydrogen (secondary N) is 1. The molecule has 0 heterocycles. The van der Waals surface area contributed by atoms with E-state index in [4.69, 9.17) is 9.66 Å². The van der Waals surface area contributed by atoms with E-state index < -0.39 is 25.6 Å². The van der Waals surface area contributed by atoms with E-state index in [0.29, 0.717) is 0 Å². The molecule has 9 heteroatoms. The zero-order chi connectivity index (χ0) is 13.1. The standard InChI is InChI=1S/C8H10N2O6S/c11-4-3-9-7-2-1-6(10(12)13)5-8(7)17(14,15)16/h1-2,5,9,11H,3-4H2,(H,14,15,16). The summed E-state index contributed by atoms with van der Waals surface area (Å²) >= 11 is 0. The molecule has 0 saturated heterocycles. The zero-order valence-corrected chi connectivity index (χ0v) is 9.35. The fourth-order valence-electron chi connectivity index (χ4n) is 1.17. The number of nitro benzene ring substituents is 1. The van der Waals surface area contributed by atoms with Crippen LogP contribution in [-0.2, 0) is 10.1 Å². The lowest BCUT2D eigenvalue weighted by Crippen LogP contribution is -2.10. The van der Waals surface area contributed by atoms with Crippen LogP contribution in [0.15, 0.2) is 23.1 Å². The molecular weight excluding hydrogens is 252 g/mol. The Morgan fingerprint density at radius 3 is 2.53 bits per heavy atom. The molecule has 0 atom stereocenters. The molecule has 0 aromatic heterocycles. The number of hydrogen-bond donors (Lipinski definition) is 3. The van der Waals surface area contributed by atoms with E-state index in [0.717, 1.165) is 18.2 Å². The first-order chi connectivity index (χ1) is 7.86. The number of nitro groups is 1. The molecule has 0 saturated carbocycles. The molecule has 3 N–H and O–H groups in total. The van der Waals surface area contributed by atoms with Crippen LogP contribution < -0.4 is 5.32 Å². The van der Waals surface area contributed by atoms with E-state index in [9.17, 15) is 18.5 Å². The van der Waals surface area contributed by atoms with Gasteiger partial charge in [-0.15, -0.1) is 0 Å². The molecule has 94 valence electrons. The van der Waals surface area contributed by atoms with Crippen LogP contribution in [0, 0.1) is 10.1 Å². The minimum absolute atomic E-state index is 0.00727. The van der Waals surface area contributed by atoms with Crippen LogP contribution in [0.25, 0.3) is 0 Å². The number of nitrogens with zero attached hydrogens (tertiary/aromatic N) is 1. The molecule has 0 radical (unpaired) electrons. The Balaban J connectivity index is 3.27. The van der Waals surface area contributed by atoms with Crippen LogP contribution in [0.5, 0.6) is 0 Å². The summed E-state index contributed by atoms with van der Waals surface area (Å²) in [7, 11) is -4.57. The Morgan fingerprint density at radius 1 is 1.41 bits per heavy atom. The number of anilines is 1. The minimum Gasteiger partial charge on any atom is -0.395 e. The number of hydrogen-bond acceptors (Lipinski definition) is 6. The van der Waals surface area contributed by atoms with Gasteiger partial charge in [0.25, 0.3) is 15.8 Å². The number of rotatable bonds is 5. The van der Waals surface area contributed by atoms with Crippen LogP contribution in [0.2, 0.25) is 0 Å². The maximum Gasteiger partial charge on any atom is 0.296 e. The lowest BCUT2D eigenvalue weighted by Gasteiger charge is -2.08. The smallest absolute Gasteiger partial charge is 0.296 e. The summed E-state index contributed by atoms with van der Waals surface area (Å²) in [5, 5.41) is 21.6. The van der Waals surface area contributed by atoms with Gasteiger partial charge in [-0.1, -0.05) is 0 Å². The maximum absolute atomic E-state index is 11.0. The van der Waals surface area contributed by atoms with Gasteiger partial charge in [-0.25, -0.2) is 0 Å². The Kier molecular flexibility index (Phi) is 3.99. The second-order valence-corrected chi connectivity index (χ2v) is 4.45. The van der Waals surface area contributed by atoms with E-state index in [1.807, 2.05) is 0 Å². The second-order valence-electron chi connectivity index (χ2n) is 3.06. The molecule has 0 bridgehead atoms. The number of aliphatic hydroxyl groups excluding tert-OH is 1. The largest absolute Gasteiger partial charge is 0.395 e. The quantitative estimate of drug-likeness (QED) is 0.393. The van der Waals surface area contributed by atoms with Crippen LogP contribution in [0.1, 0.15) is 0 Å². The van der Waals surface area contributed by atoms with E-state index in [1.54, 1.807) is 0 Å². The fraction of sp³-hybridized carbons (Fsp3) is 0.250. The number of aliphatic hydroxyl groups is 1. The van der Waals surface area contributed by atoms with Crippen molar-refractivity contribution in [3.63, 3.8) is 0 Å². The highest BCUT2D eigenvalue weighted by Crippen LogP contribution is 2.25. The van der Waals surface area contributed by atoms with Crippen molar-refractivity contribution < 1.29 is 23.0 Å². The average Bonchev–Trinajstić information content (AvgIpc) is 2.24. The van der Waals surface area contributed by atoms with Gasteiger partial charge in [-0.3, -0.25) is 14.7 Å². The summed E-state index contributed by atoms with van der Waals surface area (Å²) in [4.78, 5) is 9.10. The number of benzene rings is 1. The maximum atomic E-state index is 11.0. The Hall–Kier alpha value is -1.71. The third-order valence-corrected chi connectivity index (χ3v) is 2.77. The molecule has 0 unspecified atom stereocenters. The first-order valence-corrected chi connectivity index (χ1v) is 5.91. The van der Waals surface area contributed by atoms with Crippen LogP contribution in [-0.4, -0.2) is 36.2 Å². The molecule has 0 amide bonds. The van der Waals surface area contributed by atoms with Crippen molar-refractivity contribution in [3.05, 3.63) is 28.3 Å². The Bertz CT molecular complexity index is 527. The third-order valence-electron chi connectivity index (χ3n) is 1.88. The van der Waals surface area contributed by atoms with Crippen molar-refractivity contribution in [2.45, 2.75) is 4.90 Å². The summed E-state index contributed by atoms with van der Waals surface area (Å²) < 4.78 is 31.0. The molecule has 8 nitrogen and oxygen atoms in total. The van der Waals surface area contributed by atoms with Gasteiger partial charge in [-0.05, 0) is 6.07 Å². The van der Waals surface area contributed by atoms with E-state index in [2.05, 4.69) is 5.32 Å². The van der Waals surface area contributed by atoms with Gasteiger partial charge in [-0.2, -0.15) is 8.42 Å². The van der Waals surface area contributed by atoms with Crippen LogP contribution >= 0.6 is 0 Å². The van der Waals surface area contributed by atoms with E-state index in [-0.39, 0.29) is 18.8 Å². The minimum atomic E-state index is -4.57. The molecule has 0 spiro atoms. The lowest BCUT2D eigenvalue weighted by molar-refractivity contribution is -0.385. The molecule has 17 heavy (non-hydrogen) atoms. The summed E-state index contributed by atoms with van der Waals surface area (Å²) in [5.74, 6) is 0. The molecule has 0 aliphatic rings. The fourth-order valence-corrected chi connectivity index (χ4v) is 1.86. The SMILES string of the molecule is O=[N+]([O-])c1ccc(NCCO)c(S(=O)(=O)O)c1. The van der Waals surface area contributed by atoms with Gasteiger partial charge in [0.1, 0.15) is 4.90 Å². The highest BCUT2D eigenvalue weighted by Gasteiger charge is 2.19. The summed E-state index contributed by atoms with van der Waals surface area (Å²) in [6.45, 7) is -0.192. The molecule has 0 aliphatic carbocycles. The van der Waals surface area contributed by atoms with Gasteiger partial charge in [0.2, 0.25) is 0 Å². The molecule has 1 rings (SSSR count). The molecule has 1 aromatic rings. The topological polar surface area (TPSA) is 130 Å². The predicted molar refractivity (Wildman–Crippen MR) is 58.5 cm³/mol.